The minimum atomic E-state index is -0.850. The van der Waals surface area contributed by atoms with E-state index in [2.05, 4.69) is 12.1 Å². The lowest BCUT2D eigenvalue weighted by Crippen LogP contribution is -2.39. The molecule has 2 aromatic heterocycles. The second kappa shape index (κ2) is 9.52. The van der Waals surface area contributed by atoms with Crippen LogP contribution in [0.2, 0.25) is 0 Å². The van der Waals surface area contributed by atoms with Crippen molar-refractivity contribution in [3.05, 3.63) is 88.4 Å². The zero-order valence-electron chi connectivity index (χ0n) is 22.1. The molecule has 4 aromatic rings. The zero-order valence-corrected chi connectivity index (χ0v) is 22.1. The van der Waals surface area contributed by atoms with Gasteiger partial charge < -0.3 is 14.7 Å². The predicted molar refractivity (Wildman–Crippen MR) is 145 cm³/mol. The van der Waals surface area contributed by atoms with Crippen LogP contribution in [0.1, 0.15) is 65.0 Å². The smallest absolute Gasteiger partial charge is 0.307 e. The number of benzene rings is 2. The Hall–Kier alpha value is -4.20. The van der Waals surface area contributed by atoms with Crippen LogP contribution in [-0.4, -0.2) is 45.2 Å². The van der Waals surface area contributed by atoms with E-state index in [1.165, 1.54) is 18.7 Å². The number of aliphatic carboxylic acids is 1. The summed E-state index contributed by atoms with van der Waals surface area (Å²) < 4.78 is 22.8. The van der Waals surface area contributed by atoms with E-state index in [0.29, 0.717) is 53.0 Å². The van der Waals surface area contributed by atoms with Crippen LogP contribution in [0.25, 0.3) is 16.8 Å². The van der Waals surface area contributed by atoms with Gasteiger partial charge in [0.05, 0.1) is 30.3 Å². The number of pyridine rings is 1. The number of ether oxygens (including phenoxy) is 1. The first kappa shape index (κ1) is 25.1. The van der Waals surface area contributed by atoms with Crippen LogP contribution < -0.4 is 4.74 Å². The highest BCUT2D eigenvalue weighted by atomic mass is 19.1. The standard InChI is InChI=1S/C31H30FN3O4/c1-4-20-14-25(30(36)34-12-11-18-7-5-6-8-21(18)17(34)2)29(39-3)28-16-27(33-35(20)28)22-10-9-19(13-26(22)32)23-15-24(23)31(37)38/h5-10,13-14,16-17,23-24H,4,11-12,15H2,1-3H3,(H,37,38)/t17-,23+,24-/m1/s1. The Morgan fingerprint density at radius 3 is 2.64 bits per heavy atom. The summed E-state index contributed by atoms with van der Waals surface area (Å²) in [6.07, 6.45) is 1.93. The van der Waals surface area contributed by atoms with Gasteiger partial charge in [0.2, 0.25) is 0 Å². The summed E-state index contributed by atoms with van der Waals surface area (Å²) >= 11 is 0. The topological polar surface area (TPSA) is 84.1 Å². The Kier molecular flexibility index (Phi) is 6.13. The monoisotopic (exact) mass is 527 g/mol. The lowest BCUT2D eigenvalue weighted by atomic mass is 9.93. The fourth-order valence-electron chi connectivity index (χ4n) is 5.96. The summed E-state index contributed by atoms with van der Waals surface area (Å²) in [7, 11) is 1.53. The van der Waals surface area contributed by atoms with Gasteiger partial charge >= 0.3 is 5.97 Å². The number of carbonyl (C=O) groups is 2. The Labute approximate surface area is 225 Å². The van der Waals surface area contributed by atoms with E-state index in [1.807, 2.05) is 36.9 Å². The number of rotatable bonds is 6. The number of halogens is 1. The number of carboxylic acid groups (broad SMARTS) is 1. The summed E-state index contributed by atoms with van der Waals surface area (Å²) in [5.41, 5.74) is 5.70. The van der Waals surface area contributed by atoms with E-state index >= 15 is 4.39 Å². The first-order chi connectivity index (χ1) is 18.8. The van der Waals surface area contributed by atoms with Crippen LogP contribution in [0.4, 0.5) is 4.39 Å². The Morgan fingerprint density at radius 2 is 1.95 bits per heavy atom. The van der Waals surface area contributed by atoms with E-state index in [4.69, 9.17) is 9.84 Å². The third-order valence-corrected chi connectivity index (χ3v) is 8.23. The van der Waals surface area contributed by atoms with Crippen LogP contribution in [0, 0.1) is 11.7 Å². The van der Waals surface area contributed by atoms with Crippen molar-refractivity contribution >= 4 is 17.4 Å². The van der Waals surface area contributed by atoms with Crippen molar-refractivity contribution in [2.24, 2.45) is 5.92 Å². The molecule has 0 radical (unpaired) electrons. The maximum atomic E-state index is 15.3. The van der Waals surface area contributed by atoms with Gasteiger partial charge in [-0.25, -0.2) is 8.91 Å². The molecule has 1 amide bonds. The summed E-state index contributed by atoms with van der Waals surface area (Å²) in [4.78, 5) is 27.1. The van der Waals surface area contributed by atoms with E-state index in [0.717, 1.165) is 17.7 Å². The predicted octanol–water partition coefficient (Wildman–Crippen LogP) is 5.66. The van der Waals surface area contributed by atoms with E-state index < -0.39 is 17.7 Å². The average molecular weight is 528 g/mol. The molecule has 0 spiro atoms. The molecule has 1 saturated carbocycles. The summed E-state index contributed by atoms with van der Waals surface area (Å²) in [5.74, 6) is -1.62. The summed E-state index contributed by atoms with van der Waals surface area (Å²) in [6.45, 7) is 4.64. The maximum Gasteiger partial charge on any atom is 0.307 e. The SMILES string of the molecule is CCc1cc(C(=O)N2CCc3ccccc3[C@H]2C)c(OC)c2cc(-c3ccc([C@@H]4C[C@H]4C(=O)O)cc3F)nn12. The molecule has 1 aliphatic carbocycles. The molecule has 3 atom stereocenters. The molecule has 6 rings (SSSR count). The van der Waals surface area contributed by atoms with Gasteiger partial charge in [-0.15, -0.1) is 0 Å². The molecule has 200 valence electrons. The van der Waals surface area contributed by atoms with Crippen molar-refractivity contribution < 1.29 is 23.8 Å². The fourth-order valence-corrected chi connectivity index (χ4v) is 5.96. The van der Waals surface area contributed by atoms with Gasteiger partial charge in [-0.1, -0.05) is 37.3 Å². The van der Waals surface area contributed by atoms with Crippen LogP contribution in [0.5, 0.6) is 5.75 Å². The molecule has 1 fully saturated rings. The fraction of sp³-hybridized carbons (Fsp3) is 0.323. The van der Waals surface area contributed by atoms with Crippen molar-refractivity contribution in [1.29, 1.82) is 0 Å². The number of hydrogen-bond acceptors (Lipinski definition) is 4. The quantitative estimate of drug-likeness (QED) is 0.350. The molecule has 0 unspecified atom stereocenters. The molecule has 8 heteroatoms. The third-order valence-electron chi connectivity index (χ3n) is 8.23. The van der Waals surface area contributed by atoms with Gasteiger partial charge in [-0.2, -0.15) is 5.10 Å². The number of methoxy groups -OCH3 is 1. The van der Waals surface area contributed by atoms with Gasteiger partial charge in [-0.05, 0) is 73.1 Å². The van der Waals surface area contributed by atoms with Crippen molar-refractivity contribution in [2.45, 2.75) is 45.1 Å². The average Bonchev–Trinajstić information content (AvgIpc) is 3.64. The Morgan fingerprint density at radius 1 is 1.15 bits per heavy atom. The van der Waals surface area contributed by atoms with Crippen molar-refractivity contribution in [3.8, 4) is 17.0 Å². The number of aryl methyl sites for hydroxylation is 1. The lowest BCUT2D eigenvalue weighted by molar-refractivity contribution is -0.138. The largest absolute Gasteiger partial charge is 0.494 e. The van der Waals surface area contributed by atoms with E-state index in [9.17, 15) is 14.7 Å². The normalized spacial score (nSPS) is 20.1. The van der Waals surface area contributed by atoms with Crippen molar-refractivity contribution in [2.75, 3.05) is 13.7 Å². The van der Waals surface area contributed by atoms with Crippen molar-refractivity contribution in [3.63, 3.8) is 0 Å². The molecule has 0 saturated heterocycles. The molecule has 39 heavy (non-hydrogen) atoms. The van der Waals surface area contributed by atoms with Crippen LogP contribution in [0.15, 0.2) is 54.6 Å². The molecule has 0 bridgehead atoms. The van der Waals surface area contributed by atoms with Crippen LogP contribution >= 0.6 is 0 Å². The molecular weight excluding hydrogens is 497 g/mol. The molecule has 7 nitrogen and oxygen atoms in total. The highest BCUT2D eigenvalue weighted by Crippen LogP contribution is 2.48. The van der Waals surface area contributed by atoms with Gasteiger partial charge in [0.25, 0.3) is 5.91 Å². The Balaban J connectivity index is 1.39. The molecule has 2 aromatic carbocycles. The maximum absolute atomic E-state index is 15.3. The molecule has 3 heterocycles. The van der Waals surface area contributed by atoms with Gasteiger partial charge in [0, 0.05) is 17.8 Å². The highest BCUT2D eigenvalue weighted by molar-refractivity contribution is 6.00. The van der Waals surface area contributed by atoms with Gasteiger partial charge in [0.1, 0.15) is 11.3 Å². The van der Waals surface area contributed by atoms with Gasteiger partial charge in [-0.3, -0.25) is 9.59 Å². The zero-order chi connectivity index (χ0) is 27.4. The minimum Gasteiger partial charge on any atom is -0.494 e. The first-order valence-electron chi connectivity index (χ1n) is 13.3. The number of fused-ring (bicyclic) bond motifs is 2. The Bertz CT molecular complexity index is 1630. The van der Waals surface area contributed by atoms with Gasteiger partial charge in [0.15, 0.2) is 5.75 Å². The van der Waals surface area contributed by atoms with Crippen LogP contribution in [-0.2, 0) is 17.6 Å². The lowest BCUT2D eigenvalue weighted by Gasteiger charge is -2.35. The third kappa shape index (κ3) is 4.15. The highest BCUT2D eigenvalue weighted by Gasteiger charge is 2.44. The molecular formula is C31H30FN3O4. The second-order valence-corrected chi connectivity index (χ2v) is 10.4. The number of carbonyl (C=O) groups excluding carboxylic acids is 1. The molecule has 1 N–H and O–H groups in total. The van der Waals surface area contributed by atoms with E-state index in [-0.39, 0.29) is 17.9 Å². The number of amides is 1. The second-order valence-electron chi connectivity index (χ2n) is 10.4. The number of nitrogens with zero attached hydrogens (tertiary/aromatic N) is 3. The molecule has 1 aliphatic heterocycles. The summed E-state index contributed by atoms with van der Waals surface area (Å²) in [5, 5.41) is 13.9. The number of carboxylic acids is 1. The van der Waals surface area contributed by atoms with E-state index in [1.54, 1.807) is 22.7 Å². The minimum absolute atomic E-state index is 0.0752. The van der Waals surface area contributed by atoms with Crippen LogP contribution in [0.3, 0.4) is 0 Å². The molecule has 2 aliphatic rings. The van der Waals surface area contributed by atoms with Crippen molar-refractivity contribution in [1.82, 2.24) is 14.5 Å². The summed E-state index contributed by atoms with van der Waals surface area (Å²) in [6, 6.07) is 16.6. The number of hydrogen-bond donors (Lipinski definition) is 1. The first-order valence-corrected chi connectivity index (χ1v) is 13.3. The number of aromatic nitrogens is 2.